The highest BCUT2D eigenvalue weighted by Crippen LogP contribution is 2.23. The number of anilines is 2. The summed E-state index contributed by atoms with van der Waals surface area (Å²) in [4.78, 5) is 16.9. The van der Waals surface area contributed by atoms with Crippen LogP contribution in [0.15, 0.2) is 56.9 Å². The molecule has 0 aliphatic heterocycles. The lowest BCUT2D eigenvalue weighted by Gasteiger charge is -2.09. The maximum atomic E-state index is 12.4. The van der Waals surface area contributed by atoms with E-state index in [0.29, 0.717) is 28.0 Å². The first-order chi connectivity index (χ1) is 15.7. The molecule has 0 saturated heterocycles. The highest BCUT2D eigenvalue weighted by molar-refractivity contribution is 8.00. The molecule has 0 atom stereocenters. The molecule has 2 aromatic heterocycles. The maximum absolute atomic E-state index is 12.4. The summed E-state index contributed by atoms with van der Waals surface area (Å²) in [5, 5.41) is 16.2. The number of thioether (sulfide) groups is 1. The molecule has 172 valence electrons. The Morgan fingerprint density at radius 1 is 1.21 bits per heavy atom. The molecule has 11 heteroatoms. The average molecular weight is 486 g/mol. The van der Waals surface area contributed by atoms with Crippen molar-refractivity contribution in [3.63, 3.8) is 0 Å². The van der Waals surface area contributed by atoms with E-state index in [9.17, 15) is 18.5 Å². The van der Waals surface area contributed by atoms with Crippen LogP contribution in [-0.2, 0) is 21.2 Å². The Labute approximate surface area is 196 Å². The fraction of sp³-hybridized carbons (Fsp3) is 0.273. The summed E-state index contributed by atoms with van der Waals surface area (Å²) in [6, 6.07) is 12.9. The van der Waals surface area contributed by atoms with E-state index in [1.807, 2.05) is 6.07 Å². The van der Waals surface area contributed by atoms with Gasteiger partial charge in [0.15, 0.2) is 5.82 Å². The summed E-state index contributed by atoms with van der Waals surface area (Å²) in [7, 11) is -3.84. The van der Waals surface area contributed by atoms with Gasteiger partial charge in [-0.25, -0.2) is 13.4 Å². The van der Waals surface area contributed by atoms with Crippen LogP contribution in [0, 0.1) is 24.2 Å². The van der Waals surface area contributed by atoms with Gasteiger partial charge in [0.05, 0.1) is 16.2 Å². The van der Waals surface area contributed by atoms with Crippen molar-refractivity contribution in [2.45, 2.75) is 37.1 Å². The number of rotatable bonds is 9. The second kappa shape index (κ2) is 10.5. The molecule has 0 fully saturated rings. The van der Waals surface area contributed by atoms with Crippen molar-refractivity contribution in [3.05, 3.63) is 59.5 Å². The molecule has 2 heterocycles. The summed E-state index contributed by atoms with van der Waals surface area (Å²) in [6.07, 6.45) is 0.784. The molecule has 0 radical (unpaired) electrons. The Hall–Kier alpha value is -3.36. The van der Waals surface area contributed by atoms with Crippen LogP contribution >= 0.6 is 11.8 Å². The van der Waals surface area contributed by atoms with Gasteiger partial charge in [0.1, 0.15) is 16.9 Å². The predicted octanol–water partition coefficient (Wildman–Crippen LogP) is 3.98. The quantitative estimate of drug-likeness (QED) is 0.434. The second-order valence-corrected chi connectivity index (χ2v) is 10.3. The van der Waals surface area contributed by atoms with Crippen molar-refractivity contribution in [1.82, 2.24) is 10.1 Å². The van der Waals surface area contributed by atoms with E-state index >= 15 is 0 Å². The van der Waals surface area contributed by atoms with Crippen LogP contribution in [0.4, 0.5) is 11.5 Å². The minimum atomic E-state index is -3.84. The Morgan fingerprint density at radius 3 is 2.55 bits per heavy atom. The molecule has 0 aliphatic carbocycles. The van der Waals surface area contributed by atoms with Crippen LogP contribution in [0.25, 0.3) is 0 Å². The highest BCUT2D eigenvalue weighted by Gasteiger charge is 2.17. The molecule has 0 aliphatic rings. The molecule has 9 nitrogen and oxygen atoms in total. The SMILES string of the molecule is Cc1cc(NS(=O)(=O)c2ccc(NC(=O)CSc3nc(CC(C)C)ccc3C#N)cc2)no1. The third-order valence-electron chi connectivity index (χ3n) is 4.31. The molecule has 1 amide bonds. The normalized spacial score (nSPS) is 11.2. The molecule has 0 spiro atoms. The summed E-state index contributed by atoms with van der Waals surface area (Å²) < 4.78 is 32.1. The van der Waals surface area contributed by atoms with Crippen LogP contribution < -0.4 is 10.0 Å². The van der Waals surface area contributed by atoms with Crippen LogP contribution in [0.5, 0.6) is 0 Å². The Bertz CT molecular complexity index is 1280. The van der Waals surface area contributed by atoms with E-state index in [-0.39, 0.29) is 22.4 Å². The predicted molar refractivity (Wildman–Crippen MR) is 125 cm³/mol. The van der Waals surface area contributed by atoms with Gasteiger partial charge < -0.3 is 9.84 Å². The molecule has 2 N–H and O–H groups in total. The van der Waals surface area contributed by atoms with Crippen LogP contribution in [0.1, 0.15) is 30.9 Å². The zero-order valence-electron chi connectivity index (χ0n) is 18.3. The van der Waals surface area contributed by atoms with E-state index in [2.05, 4.69) is 40.1 Å². The van der Waals surface area contributed by atoms with E-state index in [1.165, 1.54) is 42.1 Å². The fourth-order valence-electron chi connectivity index (χ4n) is 2.87. The Kier molecular flexibility index (Phi) is 7.73. The van der Waals surface area contributed by atoms with E-state index in [4.69, 9.17) is 4.52 Å². The monoisotopic (exact) mass is 485 g/mol. The number of amides is 1. The summed E-state index contributed by atoms with van der Waals surface area (Å²) in [5.74, 6) is 0.748. The number of benzene rings is 1. The smallest absolute Gasteiger partial charge is 0.263 e. The number of aromatic nitrogens is 2. The van der Waals surface area contributed by atoms with Gasteiger partial charge in [-0.2, -0.15) is 5.26 Å². The van der Waals surface area contributed by atoms with Crippen molar-refractivity contribution >= 4 is 39.2 Å². The number of nitriles is 1. The molecule has 3 aromatic rings. The summed E-state index contributed by atoms with van der Waals surface area (Å²) in [6.45, 7) is 5.82. The van der Waals surface area contributed by atoms with Crippen molar-refractivity contribution in [2.24, 2.45) is 5.92 Å². The first-order valence-electron chi connectivity index (χ1n) is 10.0. The van der Waals surface area contributed by atoms with Gasteiger partial charge in [-0.05, 0) is 55.7 Å². The molecule has 0 saturated carbocycles. The minimum absolute atomic E-state index is 0.0142. The lowest BCUT2D eigenvalue weighted by Crippen LogP contribution is -2.15. The average Bonchev–Trinajstić information content (AvgIpc) is 3.16. The number of aryl methyl sites for hydroxylation is 1. The van der Waals surface area contributed by atoms with Crippen molar-refractivity contribution in [1.29, 1.82) is 5.26 Å². The first-order valence-corrected chi connectivity index (χ1v) is 12.5. The fourth-order valence-corrected chi connectivity index (χ4v) is 4.64. The Balaban J connectivity index is 1.60. The highest BCUT2D eigenvalue weighted by atomic mass is 32.2. The summed E-state index contributed by atoms with van der Waals surface area (Å²) in [5.41, 5.74) is 1.74. The number of nitrogens with zero attached hydrogens (tertiary/aromatic N) is 3. The van der Waals surface area contributed by atoms with Gasteiger partial charge in [0.25, 0.3) is 10.0 Å². The number of pyridine rings is 1. The van der Waals surface area contributed by atoms with Crippen molar-refractivity contribution in [2.75, 3.05) is 15.8 Å². The standard InChI is InChI=1S/C22H23N5O4S2/c1-14(2)10-18-5-4-16(12-23)22(25-18)32-13-21(28)24-17-6-8-19(9-7-17)33(29,30)27-20-11-15(3)31-26-20/h4-9,11,14H,10,13H2,1-3H3,(H,24,28)(H,26,27). The van der Waals surface area contributed by atoms with Crippen LogP contribution in [0.2, 0.25) is 0 Å². The molecule has 33 heavy (non-hydrogen) atoms. The topological polar surface area (TPSA) is 138 Å². The molecular weight excluding hydrogens is 462 g/mol. The van der Waals surface area contributed by atoms with Gasteiger partial charge in [0.2, 0.25) is 5.91 Å². The van der Waals surface area contributed by atoms with E-state index < -0.39 is 10.0 Å². The van der Waals surface area contributed by atoms with Gasteiger partial charge in [-0.1, -0.05) is 30.8 Å². The first kappa shape index (κ1) is 24.3. The molecule has 3 rings (SSSR count). The lowest BCUT2D eigenvalue weighted by molar-refractivity contribution is -0.113. The van der Waals surface area contributed by atoms with Crippen molar-refractivity contribution in [3.8, 4) is 6.07 Å². The number of sulfonamides is 1. The number of nitrogens with one attached hydrogen (secondary N) is 2. The molecule has 1 aromatic carbocycles. The second-order valence-electron chi connectivity index (χ2n) is 7.65. The Morgan fingerprint density at radius 2 is 1.94 bits per heavy atom. The largest absolute Gasteiger partial charge is 0.360 e. The molecular formula is C22H23N5O4S2. The van der Waals surface area contributed by atoms with Gasteiger partial charge in [-0.15, -0.1) is 0 Å². The maximum Gasteiger partial charge on any atom is 0.263 e. The van der Waals surface area contributed by atoms with E-state index in [1.54, 1.807) is 13.0 Å². The van der Waals surface area contributed by atoms with Crippen LogP contribution in [0.3, 0.4) is 0 Å². The van der Waals surface area contributed by atoms with Crippen molar-refractivity contribution < 1.29 is 17.7 Å². The lowest BCUT2D eigenvalue weighted by atomic mass is 10.1. The number of hydrogen-bond donors (Lipinski definition) is 2. The molecule has 0 bridgehead atoms. The van der Waals surface area contributed by atoms with Crippen LogP contribution in [-0.4, -0.2) is 30.2 Å². The zero-order chi connectivity index (χ0) is 24.0. The van der Waals surface area contributed by atoms with Gasteiger partial charge in [0, 0.05) is 17.4 Å². The zero-order valence-corrected chi connectivity index (χ0v) is 20.0. The van der Waals surface area contributed by atoms with E-state index in [0.717, 1.165) is 12.1 Å². The molecule has 0 unspecified atom stereocenters. The number of carbonyl (C=O) groups is 1. The third-order valence-corrected chi connectivity index (χ3v) is 6.67. The minimum Gasteiger partial charge on any atom is -0.360 e. The number of carbonyl (C=O) groups excluding carboxylic acids is 1. The van der Waals surface area contributed by atoms with Gasteiger partial charge in [-0.3, -0.25) is 9.52 Å². The third kappa shape index (κ3) is 6.81. The summed E-state index contributed by atoms with van der Waals surface area (Å²) >= 11 is 1.18. The van der Waals surface area contributed by atoms with Gasteiger partial charge >= 0.3 is 0 Å². The number of hydrogen-bond acceptors (Lipinski definition) is 8.